The van der Waals surface area contributed by atoms with Gasteiger partial charge in [-0.2, -0.15) is 0 Å². The summed E-state index contributed by atoms with van der Waals surface area (Å²) in [7, 11) is 0. The number of aliphatic hydroxyl groups is 1. The van der Waals surface area contributed by atoms with Gasteiger partial charge in [0.2, 0.25) is 0 Å². The first kappa shape index (κ1) is 11.5. The van der Waals surface area contributed by atoms with Crippen molar-refractivity contribution in [3.05, 3.63) is 41.5 Å². The predicted molar refractivity (Wildman–Crippen MR) is 58.3 cm³/mol. The summed E-state index contributed by atoms with van der Waals surface area (Å²) >= 11 is 0. The molecular weight excluding hydrogens is 192 g/mol. The van der Waals surface area contributed by atoms with Crippen LogP contribution in [0.3, 0.4) is 0 Å². The van der Waals surface area contributed by atoms with Gasteiger partial charge in [0.15, 0.2) is 0 Å². The summed E-state index contributed by atoms with van der Waals surface area (Å²) in [4.78, 5) is 10.3. The Labute approximate surface area is 88.7 Å². The van der Waals surface area contributed by atoms with Gasteiger partial charge >= 0.3 is 5.97 Å². The third-order valence-corrected chi connectivity index (χ3v) is 2.05. The average molecular weight is 206 g/mol. The molecule has 1 aromatic rings. The van der Waals surface area contributed by atoms with Gasteiger partial charge in [0.25, 0.3) is 0 Å². The molecule has 0 bridgehead atoms. The van der Waals surface area contributed by atoms with E-state index >= 15 is 0 Å². The quantitative estimate of drug-likeness (QED) is 0.775. The number of carboxylic acid groups (broad SMARTS) is 1. The molecule has 0 spiro atoms. The van der Waals surface area contributed by atoms with E-state index in [-0.39, 0.29) is 13.0 Å². The summed E-state index contributed by atoms with van der Waals surface area (Å²) in [5.41, 5.74) is 1.79. The first-order valence-corrected chi connectivity index (χ1v) is 4.81. The molecule has 0 atom stereocenters. The van der Waals surface area contributed by atoms with Gasteiger partial charge in [-0.15, -0.1) is 0 Å². The van der Waals surface area contributed by atoms with E-state index in [1.807, 2.05) is 36.4 Å². The highest BCUT2D eigenvalue weighted by molar-refractivity contribution is 5.67. The maximum atomic E-state index is 10.3. The van der Waals surface area contributed by atoms with Crippen molar-refractivity contribution >= 4 is 12.0 Å². The van der Waals surface area contributed by atoms with Crippen molar-refractivity contribution in [2.24, 2.45) is 0 Å². The first-order chi connectivity index (χ1) is 7.24. The monoisotopic (exact) mass is 206 g/mol. The van der Waals surface area contributed by atoms with Gasteiger partial charge in [-0.3, -0.25) is 4.79 Å². The van der Waals surface area contributed by atoms with E-state index in [0.29, 0.717) is 6.42 Å². The van der Waals surface area contributed by atoms with E-state index in [1.165, 1.54) is 0 Å². The van der Waals surface area contributed by atoms with Gasteiger partial charge in [-0.05, 0) is 17.5 Å². The van der Waals surface area contributed by atoms with Crippen LogP contribution in [0.1, 0.15) is 24.0 Å². The Hall–Kier alpha value is -1.61. The fourth-order valence-corrected chi connectivity index (χ4v) is 1.26. The molecule has 0 amide bonds. The highest BCUT2D eigenvalue weighted by Gasteiger charge is 1.96. The molecule has 0 fully saturated rings. The van der Waals surface area contributed by atoms with Crippen LogP contribution >= 0.6 is 0 Å². The Balaban J connectivity index is 2.59. The summed E-state index contributed by atoms with van der Waals surface area (Å²) in [5, 5.41) is 17.5. The topological polar surface area (TPSA) is 57.5 Å². The number of benzene rings is 1. The summed E-state index contributed by atoms with van der Waals surface area (Å²) in [6, 6.07) is 7.48. The minimum absolute atomic E-state index is 0.000552. The van der Waals surface area contributed by atoms with Crippen molar-refractivity contribution < 1.29 is 15.0 Å². The fourth-order valence-electron chi connectivity index (χ4n) is 1.26. The van der Waals surface area contributed by atoms with E-state index in [9.17, 15) is 4.79 Å². The lowest BCUT2D eigenvalue weighted by molar-refractivity contribution is -0.136. The summed E-state index contributed by atoms with van der Waals surface area (Å²) in [6.45, 7) is -0.000552. The molecule has 80 valence electrons. The first-order valence-electron chi connectivity index (χ1n) is 4.81. The Morgan fingerprint density at radius 1 is 1.33 bits per heavy atom. The number of carboxylic acids is 1. The SMILES string of the molecule is O=C(O)CC/C=C/c1ccccc1CO. The van der Waals surface area contributed by atoms with Crippen LogP contribution in [-0.2, 0) is 11.4 Å². The molecule has 0 saturated heterocycles. The van der Waals surface area contributed by atoms with Gasteiger partial charge in [0, 0.05) is 6.42 Å². The second-order valence-corrected chi connectivity index (χ2v) is 3.19. The average Bonchev–Trinajstić information content (AvgIpc) is 2.24. The van der Waals surface area contributed by atoms with Gasteiger partial charge < -0.3 is 10.2 Å². The molecule has 0 heterocycles. The number of carbonyl (C=O) groups is 1. The Bertz CT molecular complexity index is 356. The molecule has 3 heteroatoms. The molecule has 0 saturated carbocycles. The molecule has 1 rings (SSSR count). The second kappa shape index (κ2) is 5.98. The van der Waals surface area contributed by atoms with E-state index in [4.69, 9.17) is 10.2 Å². The Morgan fingerprint density at radius 3 is 2.73 bits per heavy atom. The number of hydrogen-bond acceptors (Lipinski definition) is 2. The lowest BCUT2D eigenvalue weighted by atomic mass is 10.1. The maximum Gasteiger partial charge on any atom is 0.303 e. The van der Waals surface area contributed by atoms with E-state index in [2.05, 4.69) is 0 Å². The van der Waals surface area contributed by atoms with Crippen molar-refractivity contribution in [3.63, 3.8) is 0 Å². The Morgan fingerprint density at radius 2 is 2.07 bits per heavy atom. The normalized spacial score (nSPS) is 10.7. The second-order valence-electron chi connectivity index (χ2n) is 3.19. The van der Waals surface area contributed by atoms with Crippen LogP contribution in [0.4, 0.5) is 0 Å². The van der Waals surface area contributed by atoms with E-state index in [1.54, 1.807) is 0 Å². The highest BCUT2D eigenvalue weighted by Crippen LogP contribution is 2.11. The van der Waals surface area contributed by atoms with Crippen molar-refractivity contribution in [1.29, 1.82) is 0 Å². The van der Waals surface area contributed by atoms with Gasteiger partial charge in [0.1, 0.15) is 0 Å². The van der Waals surface area contributed by atoms with E-state index < -0.39 is 5.97 Å². The lowest BCUT2D eigenvalue weighted by Gasteiger charge is -2.00. The Kier molecular flexibility index (Phi) is 4.57. The zero-order valence-electron chi connectivity index (χ0n) is 8.39. The summed E-state index contributed by atoms with van der Waals surface area (Å²) in [5.74, 6) is -0.796. The minimum Gasteiger partial charge on any atom is -0.481 e. The van der Waals surface area contributed by atoms with Gasteiger partial charge in [0.05, 0.1) is 6.61 Å². The third-order valence-electron chi connectivity index (χ3n) is 2.05. The van der Waals surface area contributed by atoms with Crippen molar-refractivity contribution in [2.75, 3.05) is 0 Å². The molecule has 0 aliphatic rings. The summed E-state index contributed by atoms with van der Waals surface area (Å²) in [6.07, 6.45) is 4.30. The number of rotatable bonds is 5. The number of aliphatic hydroxyl groups excluding tert-OH is 1. The highest BCUT2D eigenvalue weighted by atomic mass is 16.4. The maximum absolute atomic E-state index is 10.3. The van der Waals surface area contributed by atoms with Crippen molar-refractivity contribution in [2.45, 2.75) is 19.4 Å². The fraction of sp³-hybridized carbons (Fsp3) is 0.250. The molecule has 0 aliphatic heterocycles. The van der Waals surface area contributed by atoms with Crippen molar-refractivity contribution in [1.82, 2.24) is 0 Å². The van der Waals surface area contributed by atoms with Crippen LogP contribution < -0.4 is 0 Å². The molecule has 2 N–H and O–H groups in total. The number of allylic oxidation sites excluding steroid dienone is 1. The zero-order valence-corrected chi connectivity index (χ0v) is 8.39. The lowest BCUT2D eigenvalue weighted by Crippen LogP contribution is -1.92. The molecule has 1 aromatic carbocycles. The number of aliphatic carboxylic acids is 1. The van der Waals surface area contributed by atoms with Crippen LogP contribution in [-0.4, -0.2) is 16.2 Å². The molecule has 0 unspecified atom stereocenters. The predicted octanol–water partition coefficient (Wildman–Crippen LogP) is 2.06. The van der Waals surface area contributed by atoms with Gasteiger partial charge in [-0.25, -0.2) is 0 Å². The van der Waals surface area contributed by atoms with Gasteiger partial charge in [-0.1, -0.05) is 36.4 Å². The van der Waals surface area contributed by atoms with Crippen LogP contribution in [0.2, 0.25) is 0 Å². The van der Waals surface area contributed by atoms with E-state index in [0.717, 1.165) is 11.1 Å². The van der Waals surface area contributed by atoms with Crippen LogP contribution in [0.5, 0.6) is 0 Å². The van der Waals surface area contributed by atoms with Crippen molar-refractivity contribution in [3.8, 4) is 0 Å². The molecule has 15 heavy (non-hydrogen) atoms. The molecule has 3 nitrogen and oxygen atoms in total. The molecule has 0 aromatic heterocycles. The van der Waals surface area contributed by atoms with Crippen LogP contribution in [0.25, 0.3) is 6.08 Å². The third kappa shape index (κ3) is 3.95. The largest absolute Gasteiger partial charge is 0.481 e. The standard InChI is InChI=1S/C12H14O3/c13-9-11-7-2-1-5-10(11)6-3-4-8-12(14)15/h1-3,5-7,13H,4,8-9H2,(H,14,15)/b6-3+. The smallest absolute Gasteiger partial charge is 0.303 e. The van der Waals surface area contributed by atoms with Crippen LogP contribution in [0.15, 0.2) is 30.3 Å². The zero-order chi connectivity index (χ0) is 11.1. The molecule has 0 aliphatic carbocycles. The minimum atomic E-state index is -0.796. The molecule has 0 radical (unpaired) electrons. The van der Waals surface area contributed by atoms with Crippen LogP contribution in [0, 0.1) is 0 Å². The summed E-state index contributed by atoms with van der Waals surface area (Å²) < 4.78 is 0. The molecular formula is C12H14O3. The number of hydrogen-bond donors (Lipinski definition) is 2.